The minimum Gasteiger partial charge on any atom is -0.374 e. The number of rotatable bonds is 4. The Bertz CT molecular complexity index is 575. The topological polar surface area (TPSA) is 6.48 Å². The van der Waals surface area contributed by atoms with Gasteiger partial charge in [-0.2, -0.15) is 0 Å². The minimum atomic E-state index is 1.00. The monoisotopic (exact) mass is 292 g/mol. The SMILES string of the molecule is CCN1C=CC(c2ccc(C3=CCN(CC)C=C3)cc2)=CC1. The number of benzene rings is 1. The minimum absolute atomic E-state index is 1.00. The number of nitrogens with zero attached hydrogens (tertiary/aromatic N) is 2. The standard InChI is InChI=1S/C20H24N2/c1-3-21-13-9-19(10-14-21)17-5-7-18(8-6-17)20-11-15-22(4-2)16-12-20/h5-13,15H,3-4,14,16H2,1-2H3. The van der Waals surface area contributed by atoms with E-state index in [2.05, 4.69) is 84.6 Å². The van der Waals surface area contributed by atoms with E-state index in [-0.39, 0.29) is 0 Å². The average Bonchev–Trinajstić information content (AvgIpc) is 2.62. The van der Waals surface area contributed by atoms with Gasteiger partial charge < -0.3 is 9.80 Å². The smallest absolute Gasteiger partial charge is 0.0362 e. The van der Waals surface area contributed by atoms with Crippen molar-refractivity contribution in [2.75, 3.05) is 26.2 Å². The molecule has 0 fully saturated rings. The van der Waals surface area contributed by atoms with E-state index < -0.39 is 0 Å². The van der Waals surface area contributed by atoms with Crippen molar-refractivity contribution in [1.29, 1.82) is 0 Å². The summed E-state index contributed by atoms with van der Waals surface area (Å²) >= 11 is 0. The van der Waals surface area contributed by atoms with Gasteiger partial charge in [-0.3, -0.25) is 0 Å². The molecular formula is C20H24N2. The highest BCUT2D eigenvalue weighted by atomic mass is 15.1. The van der Waals surface area contributed by atoms with Gasteiger partial charge in [-0.25, -0.2) is 0 Å². The summed E-state index contributed by atoms with van der Waals surface area (Å²) in [5.41, 5.74) is 5.24. The predicted octanol–water partition coefficient (Wildman–Crippen LogP) is 4.15. The molecular weight excluding hydrogens is 268 g/mol. The Morgan fingerprint density at radius 2 is 1.14 bits per heavy atom. The van der Waals surface area contributed by atoms with Gasteiger partial charge in [0.15, 0.2) is 0 Å². The van der Waals surface area contributed by atoms with Gasteiger partial charge >= 0.3 is 0 Å². The van der Waals surface area contributed by atoms with E-state index in [1.54, 1.807) is 0 Å². The van der Waals surface area contributed by atoms with Crippen molar-refractivity contribution in [3.63, 3.8) is 0 Å². The Balaban J connectivity index is 1.72. The first-order valence-corrected chi connectivity index (χ1v) is 8.15. The molecule has 2 aliphatic heterocycles. The first-order chi connectivity index (χ1) is 10.8. The summed E-state index contributed by atoms with van der Waals surface area (Å²) in [6.07, 6.45) is 13.4. The fraction of sp³-hybridized carbons (Fsp3) is 0.300. The molecule has 0 aliphatic carbocycles. The lowest BCUT2D eigenvalue weighted by molar-refractivity contribution is 0.437. The highest BCUT2D eigenvalue weighted by Gasteiger charge is 2.07. The highest BCUT2D eigenvalue weighted by Crippen LogP contribution is 2.24. The maximum atomic E-state index is 2.30. The van der Waals surface area contributed by atoms with Crippen molar-refractivity contribution in [2.24, 2.45) is 0 Å². The molecule has 0 aromatic heterocycles. The van der Waals surface area contributed by atoms with E-state index in [1.807, 2.05) is 0 Å². The third-order valence-electron chi connectivity index (χ3n) is 4.39. The predicted molar refractivity (Wildman–Crippen MR) is 95.2 cm³/mol. The van der Waals surface area contributed by atoms with Crippen LogP contribution in [0, 0.1) is 0 Å². The van der Waals surface area contributed by atoms with Crippen molar-refractivity contribution in [3.05, 3.63) is 72.1 Å². The van der Waals surface area contributed by atoms with Gasteiger partial charge in [0.1, 0.15) is 0 Å². The van der Waals surface area contributed by atoms with Gasteiger partial charge in [0.2, 0.25) is 0 Å². The summed E-state index contributed by atoms with van der Waals surface area (Å²) in [7, 11) is 0. The fourth-order valence-electron chi connectivity index (χ4n) is 2.81. The van der Waals surface area contributed by atoms with Gasteiger partial charge in [-0.1, -0.05) is 36.4 Å². The summed E-state index contributed by atoms with van der Waals surface area (Å²) in [6.45, 7) is 8.50. The molecule has 2 aliphatic rings. The van der Waals surface area contributed by atoms with Crippen molar-refractivity contribution in [2.45, 2.75) is 13.8 Å². The zero-order chi connectivity index (χ0) is 15.4. The van der Waals surface area contributed by atoms with Gasteiger partial charge in [0.05, 0.1) is 0 Å². The maximum absolute atomic E-state index is 2.30. The zero-order valence-corrected chi connectivity index (χ0v) is 13.5. The Morgan fingerprint density at radius 1 is 0.727 bits per heavy atom. The van der Waals surface area contributed by atoms with Crippen LogP contribution in [0.1, 0.15) is 25.0 Å². The third kappa shape index (κ3) is 3.16. The van der Waals surface area contributed by atoms with Crippen LogP contribution in [-0.4, -0.2) is 36.0 Å². The summed E-state index contributed by atoms with van der Waals surface area (Å²) < 4.78 is 0. The fourth-order valence-corrected chi connectivity index (χ4v) is 2.81. The van der Waals surface area contributed by atoms with Gasteiger partial charge in [-0.05, 0) is 60.7 Å². The lowest BCUT2D eigenvalue weighted by atomic mass is 9.98. The summed E-state index contributed by atoms with van der Waals surface area (Å²) in [4.78, 5) is 4.60. The first kappa shape index (κ1) is 14.7. The molecule has 0 amide bonds. The van der Waals surface area contributed by atoms with Crippen molar-refractivity contribution < 1.29 is 0 Å². The number of hydrogen-bond acceptors (Lipinski definition) is 2. The normalized spacial score (nSPS) is 17.5. The molecule has 1 aromatic carbocycles. The molecule has 1 aromatic rings. The van der Waals surface area contributed by atoms with Crippen LogP contribution in [0.15, 0.2) is 61.0 Å². The molecule has 0 N–H and O–H groups in total. The van der Waals surface area contributed by atoms with Crippen LogP contribution in [0.3, 0.4) is 0 Å². The van der Waals surface area contributed by atoms with Gasteiger partial charge in [0.25, 0.3) is 0 Å². The van der Waals surface area contributed by atoms with Crippen molar-refractivity contribution in [3.8, 4) is 0 Å². The zero-order valence-electron chi connectivity index (χ0n) is 13.5. The molecule has 0 saturated carbocycles. The molecule has 2 heterocycles. The molecule has 0 atom stereocenters. The summed E-state index contributed by atoms with van der Waals surface area (Å²) in [5, 5.41) is 0. The maximum Gasteiger partial charge on any atom is 0.0362 e. The van der Waals surface area contributed by atoms with Crippen molar-refractivity contribution >= 4 is 11.1 Å². The Hall–Kier alpha value is -2.22. The quantitative estimate of drug-likeness (QED) is 0.822. The van der Waals surface area contributed by atoms with Crippen LogP contribution in [0.2, 0.25) is 0 Å². The molecule has 22 heavy (non-hydrogen) atoms. The lowest BCUT2D eigenvalue weighted by Gasteiger charge is -2.21. The second-order valence-corrected chi connectivity index (χ2v) is 5.70. The highest BCUT2D eigenvalue weighted by molar-refractivity contribution is 5.79. The van der Waals surface area contributed by atoms with E-state index in [1.165, 1.54) is 22.3 Å². The lowest BCUT2D eigenvalue weighted by Crippen LogP contribution is -2.19. The number of hydrogen-bond donors (Lipinski definition) is 0. The van der Waals surface area contributed by atoms with Crippen LogP contribution in [0.25, 0.3) is 11.1 Å². The van der Waals surface area contributed by atoms with Crippen molar-refractivity contribution in [1.82, 2.24) is 9.80 Å². The van der Waals surface area contributed by atoms with E-state index in [0.717, 1.165) is 26.2 Å². The molecule has 2 heteroatoms. The second-order valence-electron chi connectivity index (χ2n) is 5.70. The first-order valence-electron chi connectivity index (χ1n) is 8.15. The third-order valence-corrected chi connectivity index (χ3v) is 4.39. The molecule has 0 radical (unpaired) electrons. The Morgan fingerprint density at radius 3 is 1.41 bits per heavy atom. The van der Waals surface area contributed by atoms with Crippen LogP contribution < -0.4 is 0 Å². The van der Waals surface area contributed by atoms with Crippen LogP contribution >= 0.6 is 0 Å². The number of likely N-dealkylation sites (N-methyl/N-ethyl adjacent to an activating group) is 2. The van der Waals surface area contributed by atoms with E-state index >= 15 is 0 Å². The van der Waals surface area contributed by atoms with E-state index in [9.17, 15) is 0 Å². The van der Waals surface area contributed by atoms with Crippen LogP contribution in [0.5, 0.6) is 0 Å². The Labute approximate surface area is 133 Å². The molecule has 0 unspecified atom stereocenters. The average molecular weight is 292 g/mol. The molecule has 0 bridgehead atoms. The summed E-state index contributed by atoms with van der Waals surface area (Å²) in [6, 6.07) is 8.92. The molecule has 3 rings (SSSR count). The summed E-state index contributed by atoms with van der Waals surface area (Å²) in [5.74, 6) is 0. The van der Waals surface area contributed by atoms with Crippen LogP contribution in [-0.2, 0) is 0 Å². The molecule has 0 spiro atoms. The van der Waals surface area contributed by atoms with E-state index in [0.29, 0.717) is 0 Å². The molecule has 0 saturated heterocycles. The molecule has 114 valence electrons. The van der Waals surface area contributed by atoms with E-state index in [4.69, 9.17) is 0 Å². The van der Waals surface area contributed by atoms with Gasteiger partial charge in [-0.15, -0.1) is 0 Å². The largest absolute Gasteiger partial charge is 0.374 e. The van der Waals surface area contributed by atoms with Crippen LogP contribution in [0.4, 0.5) is 0 Å². The molecule has 2 nitrogen and oxygen atoms in total. The second kappa shape index (κ2) is 6.69. The Kier molecular flexibility index (Phi) is 4.47. The number of allylic oxidation sites excluding steroid dienone is 4. The van der Waals surface area contributed by atoms with Gasteiger partial charge in [0, 0.05) is 26.2 Å².